The lowest BCUT2D eigenvalue weighted by molar-refractivity contribution is 0.0537. The average Bonchev–Trinajstić information content (AvgIpc) is 2.74. The summed E-state index contributed by atoms with van der Waals surface area (Å²) in [6.45, 7) is 9.67. The molecule has 1 aromatic heterocycles. The second kappa shape index (κ2) is 5.53. The lowest BCUT2D eigenvalue weighted by Gasteiger charge is -2.23. The molecule has 0 radical (unpaired) electrons. The molecule has 1 atom stereocenters. The number of benzene rings is 1. The monoisotopic (exact) mass is 288 g/mol. The zero-order chi connectivity index (χ0) is 15.8. The highest BCUT2D eigenvalue weighted by Gasteiger charge is 2.25. The molecular weight excluding hydrogens is 264 g/mol. The number of para-hydroxylation sites is 1. The third kappa shape index (κ3) is 3.27. The maximum atomic E-state index is 12.6. The Balaban J connectivity index is 2.58. The Morgan fingerprint density at radius 2 is 1.86 bits per heavy atom. The van der Waals surface area contributed by atoms with E-state index in [2.05, 4.69) is 0 Å². The Hall–Kier alpha value is -1.81. The lowest BCUT2D eigenvalue weighted by atomic mass is 10.0. The molecule has 114 valence electrons. The van der Waals surface area contributed by atoms with Gasteiger partial charge >= 0.3 is 6.09 Å². The number of carbonyl (C=O) groups is 1. The zero-order valence-corrected chi connectivity index (χ0v) is 13.4. The third-order valence-electron chi connectivity index (χ3n) is 3.38. The summed E-state index contributed by atoms with van der Waals surface area (Å²) < 4.78 is 7.13. The van der Waals surface area contributed by atoms with Gasteiger partial charge in [-0.25, -0.2) is 9.36 Å². The first-order chi connectivity index (χ1) is 9.70. The molecule has 0 aliphatic carbocycles. The van der Waals surface area contributed by atoms with E-state index in [0.717, 1.165) is 16.6 Å². The number of hydrogen-bond acceptors (Lipinski definition) is 3. The van der Waals surface area contributed by atoms with E-state index in [0.29, 0.717) is 0 Å². The van der Waals surface area contributed by atoms with Gasteiger partial charge in [-0.15, -0.1) is 0 Å². The molecule has 0 fully saturated rings. The number of fused-ring (bicyclic) bond motifs is 1. The largest absolute Gasteiger partial charge is 0.443 e. The molecule has 1 aromatic carbocycles. The third-order valence-corrected chi connectivity index (χ3v) is 3.38. The Kier molecular flexibility index (Phi) is 4.10. The summed E-state index contributed by atoms with van der Waals surface area (Å²) in [5, 5.41) is 0.995. The quantitative estimate of drug-likeness (QED) is 0.905. The van der Waals surface area contributed by atoms with Crippen LogP contribution in [0.25, 0.3) is 10.9 Å². The maximum absolute atomic E-state index is 12.6. The van der Waals surface area contributed by atoms with Crippen molar-refractivity contribution in [3.63, 3.8) is 0 Å². The van der Waals surface area contributed by atoms with Gasteiger partial charge in [0.25, 0.3) is 0 Å². The first-order valence-corrected chi connectivity index (χ1v) is 7.30. The van der Waals surface area contributed by atoms with Crippen LogP contribution in [0.15, 0.2) is 30.3 Å². The summed E-state index contributed by atoms with van der Waals surface area (Å²) in [6.07, 6.45) is -0.380. The smallest absolute Gasteiger partial charge is 0.419 e. The minimum atomic E-state index is -0.540. The van der Waals surface area contributed by atoms with Gasteiger partial charge in [0.05, 0.1) is 5.52 Å². The van der Waals surface area contributed by atoms with Crippen molar-refractivity contribution in [3.8, 4) is 0 Å². The van der Waals surface area contributed by atoms with Crippen molar-refractivity contribution in [2.24, 2.45) is 11.7 Å². The fraction of sp³-hybridized carbons (Fsp3) is 0.471. The molecule has 4 nitrogen and oxygen atoms in total. The van der Waals surface area contributed by atoms with Crippen LogP contribution in [0.1, 0.15) is 46.4 Å². The minimum absolute atomic E-state index is 0.218. The summed E-state index contributed by atoms with van der Waals surface area (Å²) in [5.74, 6) is 0.232. The van der Waals surface area contributed by atoms with Crippen molar-refractivity contribution in [1.29, 1.82) is 0 Å². The summed E-state index contributed by atoms with van der Waals surface area (Å²) >= 11 is 0. The van der Waals surface area contributed by atoms with E-state index in [-0.39, 0.29) is 18.1 Å². The molecule has 0 unspecified atom stereocenters. The molecule has 0 spiro atoms. The van der Waals surface area contributed by atoms with Gasteiger partial charge in [0, 0.05) is 17.1 Å². The van der Waals surface area contributed by atoms with Crippen molar-refractivity contribution >= 4 is 17.0 Å². The predicted molar refractivity (Wildman–Crippen MR) is 85.3 cm³/mol. The normalized spacial score (nSPS) is 13.7. The van der Waals surface area contributed by atoms with E-state index >= 15 is 0 Å². The van der Waals surface area contributed by atoms with Gasteiger partial charge in [-0.3, -0.25) is 0 Å². The molecule has 0 aliphatic heterocycles. The number of nitrogens with two attached hydrogens (primary N) is 1. The molecule has 21 heavy (non-hydrogen) atoms. The highest BCUT2D eigenvalue weighted by atomic mass is 16.6. The highest BCUT2D eigenvalue weighted by Crippen LogP contribution is 2.28. The summed E-state index contributed by atoms with van der Waals surface area (Å²) in [5.41, 5.74) is 7.36. The van der Waals surface area contributed by atoms with E-state index in [9.17, 15) is 4.79 Å². The van der Waals surface area contributed by atoms with Crippen molar-refractivity contribution in [3.05, 3.63) is 36.0 Å². The van der Waals surface area contributed by atoms with Crippen LogP contribution in [0.2, 0.25) is 0 Å². The average molecular weight is 288 g/mol. The van der Waals surface area contributed by atoms with Crippen molar-refractivity contribution in [2.45, 2.75) is 46.3 Å². The molecule has 4 heteroatoms. The number of rotatable bonds is 2. The molecule has 0 amide bonds. The number of nitrogens with zero attached hydrogens (tertiary/aromatic N) is 1. The van der Waals surface area contributed by atoms with Gasteiger partial charge in [0.2, 0.25) is 0 Å². The molecule has 0 saturated carbocycles. The molecular formula is C17H24N2O2. The van der Waals surface area contributed by atoms with Crippen LogP contribution < -0.4 is 5.73 Å². The van der Waals surface area contributed by atoms with E-state index in [1.807, 2.05) is 65.0 Å². The van der Waals surface area contributed by atoms with E-state index in [4.69, 9.17) is 10.5 Å². The highest BCUT2D eigenvalue weighted by molar-refractivity contribution is 5.91. The van der Waals surface area contributed by atoms with Crippen molar-refractivity contribution < 1.29 is 9.53 Å². The van der Waals surface area contributed by atoms with Crippen LogP contribution >= 0.6 is 0 Å². The van der Waals surface area contributed by atoms with Crippen molar-refractivity contribution in [2.75, 3.05) is 0 Å². The first-order valence-electron chi connectivity index (χ1n) is 7.30. The summed E-state index contributed by atoms with van der Waals surface area (Å²) in [7, 11) is 0. The van der Waals surface area contributed by atoms with Gasteiger partial charge < -0.3 is 10.5 Å². The molecule has 0 bridgehead atoms. The fourth-order valence-corrected chi connectivity index (χ4v) is 2.27. The maximum Gasteiger partial charge on any atom is 0.419 e. The Morgan fingerprint density at radius 3 is 2.43 bits per heavy atom. The Morgan fingerprint density at radius 1 is 1.24 bits per heavy atom. The molecule has 2 rings (SSSR count). The minimum Gasteiger partial charge on any atom is -0.443 e. The SMILES string of the molecule is CC(C)[C@@H](N)c1cc2ccccc2n1C(=O)OC(C)(C)C. The zero-order valence-electron chi connectivity index (χ0n) is 13.4. The predicted octanol–water partition coefficient (Wildman–Crippen LogP) is 4.08. The van der Waals surface area contributed by atoms with Crippen LogP contribution in [0.4, 0.5) is 4.79 Å². The number of aromatic nitrogens is 1. The standard InChI is InChI=1S/C17H24N2O2/c1-11(2)15(18)14-10-12-8-6-7-9-13(12)19(14)16(20)21-17(3,4)5/h6-11,15H,18H2,1-5H3/t15-/m1/s1. The first kappa shape index (κ1) is 15.6. The molecule has 1 heterocycles. The van der Waals surface area contributed by atoms with E-state index in [1.54, 1.807) is 4.57 Å². The molecule has 0 saturated heterocycles. The number of carbonyl (C=O) groups excluding carboxylic acids is 1. The second-order valence-electron chi connectivity index (χ2n) is 6.71. The molecule has 2 N–H and O–H groups in total. The van der Waals surface area contributed by atoms with E-state index in [1.165, 1.54) is 0 Å². The molecule has 2 aromatic rings. The number of hydrogen-bond donors (Lipinski definition) is 1. The van der Waals surface area contributed by atoms with Crippen molar-refractivity contribution in [1.82, 2.24) is 4.57 Å². The topological polar surface area (TPSA) is 57.2 Å². The summed E-state index contributed by atoms with van der Waals surface area (Å²) in [6, 6.07) is 9.51. The fourth-order valence-electron chi connectivity index (χ4n) is 2.27. The molecule has 0 aliphatic rings. The van der Waals surface area contributed by atoms with E-state index < -0.39 is 5.60 Å². The Bertz CT molecular complexity index is 650. The Labute approximate surface area is 125 Å². The number of ether oxygens (including phenoxy) is 1. The second-order valence-corrected chi connectivity index (χ2v) is 6.71. The van der Waals surface area contributed by atoms with Crippen LogP contribution in [0.5, 0.6) is 0 Å². The van der Waals surface area contributed by atoms with Gasteiger partial charge in [0.1, 0.15) is 5.60 Å². The summed E-state index contributed by atoms with van der Waals surface area (Å²) in [4.78, 5) is 12.6. The van der Waals surface area contributed by atoms with Gasteiger partial charge in [-0.1, -0.05) is 32.0 Å². The van der Waals surface area contributed by atoms with Crippen LogP contribution in [0, 0.1) is 5.92 Å². The van der Waals surface area contributed by atoms with Gasteiger partial charge in [-0.05, 0) is 38.8 Å². The lowest BCUT2D eigenvalue weighted by Crippen LogP contribution is -2.30. The van der Waals surface area contributed by atoms with Crippen LogP contribution in [-0.4, -0.2) is 16.3 Å². The van der Waals surface area contributed by atoms with Crippen LogP contribution in [-0.2, 0) is 4.74 Å². The van der Waals surface area contributed by atoms with Gasteiger partial charge in [0.15, 0.2) is 0 Å². The van der Waals surface area contributed by atoms with Crippen LogP contribution in [0.3, 0.4) is 0 Å². The van der Waals surface area contributed by atoms with Gasteiger partial charge in [-0.2, -0.15) is 0 Å².